The monoisotopic (exact) mass is 442 g/mol. The van der Waals surface area contributed by atoms with E-state index in [2.05, 4.69) is 10.6 Å². The van der Waals surface area contributed by atoms with Gasteiger partial charge in [0, 0.05) is 6.04 Å². The molecule has 0 aliphatic rings. The van der Waals surface area contributed by atoms with Crippen molar-refractivity contribution in [3.63, 3.8) is 0 Å². The highest BCUT2D eigenvalue weighted by Crippen LogP contribution is 2.12. The molecule has 0 saturated carbocycles. The number of benzene rings is 2. The zero-order valence-electron chi connectivity index (χ0n) is 18.5. The normalized spacial score (nSPS) is 12.8. The Bertz CT molecular complexity index is 880. The largest absolute Gasteiger partial charge is 0.480 e. The SMILES string of the molecule is CC(C)(C)OC(=O)N[C@@H](Cc1ccccc1)C[C@H](NC(=O)OCc1ccccc1)C(=O)O. The molecule has 0 fully saturated rings. The van der Waals surface area contributed by atoms with E-state index in [1.807, 2.05) is 48.5 Å². The Morgan fingerprint density at radius 3 is 1.97 bits per heavy atom. The van der Waals surface area contributed by atoms with Crippen LogP contribution in [0.5, 0.6) is 0 Å². The Labute approximate surface area is 187 Å². The van der Waals surface area contributed by atoms with Crippen molar-refractivity contribution >= 4 is 18.2 Å². The standard InChI is InChI=1S/C24H30N2O6/c1-24(2,3)32-23(30)25-19(14-17-10-6-4-7-11-17)15-20(21(27)28)26-22(29)31-16-18-12-8-5-9-13-18/h4-13,19-20H,14-16H2,1-3H3,(H,25,30)(H,26,29)(H,27,28)/t19-,20-/m0/s1. The number of amides is 2. The lowest BCUT2D eigenvalue weighted by Crippen LogP contribution is -2.48. The third-order valence-electron chi connectivity index (χ3n) is 4.37. The van der Waals surface area contributed by atoms with Gasteiger partial charge in [-0.25, -0.2) is 14.4 Å². The number of rotatable bonds is 9. The van der Waals surface area contributed by atoms with E-state index < -0.39 is 35.8 Å². The first-order chi connectivity index (χ1) is 15.1. The molecule has 172 valence electrons. The molecule has 0 heterocycles. The van der Waals surface area contributed by atoms with Crippen LogP contribution in [0.4, 0.5) is 9.59 Å². The highest BCUT2D eigenvalue weighted by molar-refractivity contribution is 5.80. The Morgan fingerprint density at radius 1 is 0.875 bits per heavy atom. The van der Waals surface area contributed by atoms with Crippen LogP contribution in [0.3, 0.4) is 0 Å². The molecule has 0 aliphatic heterocycles. The maximum Gasteiger partial charge on any atom is 0.408 e. The summed E-state index contributed by atoms with van der Waals surface area (Å²) in [5.41, 5.74) is 0.986. The van der Waals surface area contributed by atoms with Gasteiger partial charge in [-0.05, 0) is 44.7 Å². The van der Waals surface area contributed by atoms with E-state index in [4.69, 9.17) is 9.47 Å². The van der Waals surface area contributed by atoms with Crippen LogP contribution in [0.1, 0.15) is 38.3 Å². The number of carbonyl (C=O) groups is 3. The van der Waals surface area contributed by atoms with Gasteiger partial charge in [-0.1, -0.05) is 60.7 Å². The summed E-state index contributed by atoms with van der Waals surface area (Å²) < 4.78 is 10.4. The molecule has 0 radical (unpaired) electrons. The van der Waals surface area contributed by atoms with Crippen LogP contribution in [-0.4, -0.2) is 40.9 Å². The zero-order chi connectivity index (χ0) is 23.6. The van der Waals surface area contributed by atoms with E-state index in [0.29, 0.717) is 6.42 Å². The van der Waals surface area contributed by atoms with Gasteiger partial charge in [-0.2, -0.15) is 0 Å². The first kappa shape index (κ1) is 24.7. The van der Waals surface area contributed by atoms with Crippen LogP contribution < -0.4 is 10.6 Å². The molecule has 0 bridgehead atoms. The number of carboxylic acids is 1. The van der Waals surface area contributed by atoms with Crippen molar-refractivity contribution in [2.45, 2.75) is 57.9 Å². The number of alkyl carbamates (subject to hydrolysis) is 2. The lowest BCUT2D eigenvalue weighted by Gasteiger charge is -2.25. The molecule has 0 aromatic heterocycles. The topological polar surface area (TPSA) is 114 Å². The smallest absolute Gasteiger partial charge is 0.408 e. The van der Waals surface area contributed by atoms with Crippen molar-refractivity contribution in [1.82, 2.24) is 10.6 Å². The van der Waals surface area contributed by atoms with Crippen molar-refractivity contribution in [1.29, 1.82) is 0 Å². The Hall–Kier alpha value is -3.55. The van der Waals surface area contributed by atoms with Gasteiger partial charge < -0.3 is 25.2 Å². The number of carbonyl (C=O) groups excluding carboxylic acids is 2. The maximum absolute atomic E-state index is 12.3. The minimum absolute atomic E-state index is 0.0165. The second-order valence-corrected chi connectivity index (χ2v) is 8.37. The number of ether oxygens (including phenoxy) is 2. The first-order valence-corrected chi connectivity index (χ1v) is 10.4. The Balaban J connectivity index is 2.03. The zero-order valence-corrected chi connectivity index (χ0v) is 18.5. The van der Waals surface area contributed by atoms with Crippen LogP contribution in [0, 0.1) is 0 Å². The molecule has 8 heteroatoms. The van der Waals surface area contributed by atoms with Gasteiger partial charge in [-0.3, -0.25) is 0 Å². The minimum Gasteiger partial charge on any atom is -0.480 e. The van der Waals surface area contributed by atoms with Gasteiger partial charge in [0.25, 0.3) is 0 Å². The van der Waals surface area contributed by atoms with E-state index in [-0.39, 0.29) is 13.0 Å². The number of hydrogen-bond donors (Lipinski definition) is 3. The number of nitrogens with one attached hydrogen (secondary N) is 2. The molecular weight excluding hydrogens is 412 g/mol. The molecule has 2 aromatic rings. The van der Waals surface area contributed by atoms with Crippen molar-refractivity contribution in [2.24, 2.45) is 0 Å². The fraction of sp³-hybridized carbons (Fsp3) is 0.375. The summed E-state index contributed by atoms with van der Waals surface area (Å²) in [6.07, 6.45) is -1.19. The third-order valence-corrected chi connectivity index (χ3v) is 4.37. The number of aliphatic carboxylic acids is 1. The van der Waals surface area contributed by atoms with Crippen molar-refractivity contribution in [3.8, 4) is 0 Å². The van der Waals surface area contributed by atoms with Crippen LogP contribution >= 0.6 is 0 Å². The fourth-order valence-corrected chi connectivity index (χ4v) is 2.98. The molecule has 2 aromatic carbocycles. The van der Waals surface area contributed by atoms with Gasteiger partial charge in [0.05, 0.1) is 0 Å². The predicted molar refractivity (Wildman–Crippen MR) is 119 cm³/mol. The summed E-state index contributed by atoms with van der Waals surface area (Å²) in [7, 11) is 0. The summed E-state index contributed by atoms with van der Waals surface area (Å²) >= 11 is 0. The van der Waals surface area contributed by atoms with Crippen LogP contribution in [0.15, 0.2) is 60.7 Å². The predicted octanol–water partition coefficient (Wildman–Crippen LogP) is 3.89. The van der Waals surface area contributed by atoms with Gasteiger partial charge in [0.2, 0.25) is 0 Å². The summed E-state index contributed by atoms with van der Waals surface area (Å²) in [6, 6.07) is 16.5. The average Bonchev–Trinajstić information content (AvgIpc) is 2.71. The van der Waals surface area contributed by atoms with Gasteiger partial charge in [-0.15, -0.1) is 0 Å². The third kappa shape index (κ3) is 9.51. The summed E-state index contributed by atoms with van der Waals surface area (Å²) in [5, 5.41) is 14.7. The Kier molecular flexibility index (Phi) is 9.07. The molecule has 2 rings (SSSR count). The van der Waals surface area contributed by atoms with Gasteiger partial charge in [0.15, 0.2) is 0 Å². The van der Waals surface area contributed by atoms with E-state index in [1.54, 1.807) is 32.9 Å². The first-order valence-electron chi connectivity index (χ1n) is 10.4. The molecule has 3 N–H and O–H groups in total. The molecule has 0 aliphatic carbocycles. The molecule has 0 spiro atoms. The summed E-state index contributed by atoms with van der Waals surface area (Å²) in [5.74, 6) is -1.23. The minimum atomic E-state index is -1.26. The van der Waals surface area contributed by atoms with Crippen LogP contribution in [0.2, 0.25) is 0 Å². The van der Waals surface area contributed by atoms with E-state index in [1.165, 1.54) is 0 Å². The van der Waals surface area contributed by atoms with E-state index in [0.717, 1.165) is 11.1 Å². The lowest BCUT2D eigenvalue weighted by molar-refractivity contribution is -0.139. The lowest BCUT2D eigenvalue weighted by atomic mass is 9.99. The van der Waals surface area contributed by atoms with Gasteiger partial charge in [0.1, 0.15) is 18.2 Å². The second kappa shape index (κ2) is 11.7. The van der Waals surface area contributed by atoms with Crippen LogP contribution in [0.25, 0.3) is 0 Å². The van der Waals surface area contributed by atoms with Crippen LogP contribution in [-0.2, 0) is 27.3 Å². The van der Waals surface area contributed by atoms with Crippen molar-refractivity contribution in [2.75, 3.05) is 0 Å². The summed E-state index contributed by atoms with van der Waals surface area (Å²) in [6.45, 7) is 5.23. The molecular formula is C24H30N2O6. The average molecular weight is 443 g/mol. The van der Waals surface area contributed by atoms with Crippen molar-refractivity contribution in [3.05, 3.63) is 71.8 Å². The number of hydrogen-bond acceptors (Lipinski definition) is 5. The molecule has 32 heavy (non-hydrogen) atoms. The maximum atomic E-state index is 12.3. The van der Waals surface area contributed by atoms with E-state index >= 15 is 0 Å². The highest BCUT2D eigenvalue weighted by Gasteiger charge is 2.27. The van der Waals surface area contributed by atoms with Gasteiger partial charge >= 0.3 is 18.2 Å². The quantitative estimate of drug-likeness (QED) is 0.543. The molecule has 8 nitrogen and oxygen atoms in total. The second-order valence-electron chi connectivity index (χ2n) is 8.37. The highest BCUT2D eigenvalue weighted by atomic mass is 16.6. The molecule has 0 saturated heterocycles. The molecule has 2 amide bonds. The summed E-state index contributed by atoms with van der Waals surface area (Å²) in [4.78, 5) is 36.3. The Morgan fingerprint density at radius 2 is 1.44 bits per heavy atom. The molecule has 0 unspecified atom stereocenters. The van der Waals surface area contributed by atoms with E-state index in [9.17, 15) is 19.5 Å². The molecule has 2 atom stereocenters. The fourth-order valence-electron chi connectivity index (χ4n) is 2.98. The number of carboxylic acid groups (broad SMARTS) is 1. The van der Waals surface area contributed by atoms with Crippen molar-refractivity contribution < 1.29 is 29.0 Å².